The zero-order valence-electron chi connectivity index (χ0n) is 18.6. The van der Waals surface area contributed by atoms with Crippen LogP contribution < -0.4 is 9.47 Å². The van der Waals surface area contributed by atoms with E-state index >= 15 is 0 Å². The van der Waals surface area contributed by atoms with E-state index < -0.39 is 10.1 Å². The first-order chi connectivity index (χ1) is 15.7. The summed E-state index contributed by atoms with van der Waals surface area (Å²) < 4.78 is 33.3. The third kappa shape index (κ3) is 5.11. The van der Waals surface area contributed by atoms with Gasteiger partial charge in [0.2, 0.25) is 5.52 Å². The van der Waals surface area contributed by atoms with E-state index in [1.165, 1.54) is 44.2 Å². The summed E-state index contributed by atoms with van der Waals surface area (Å²) in [5.41, 5.74) is 4.72. The summed E-state index contributed by atoms with van der Waals surface area (Å²) in [6, 6.07) is 25.1. The number of anilines is 1. The number of nitrogens with zero attached hydrogens (tertiary/aromatic N) is 2. The summed E-state index contributed by atoms with van der Waals surface area (Å²) in [4.78, 5) is 3.41. The molecule has 0 atom stereocenters. The summed E-state index contributed by atoms with van der Waals surface area (Å²) in [6.45, 7) is 1.82. The molecule has 0 N–H and O–H groups in total. The zero-order chi connectivity index (χ0) is 23.6. The quantitative estimate of drug-likeness (QED) is 0.297. The SMILES string of the molecule is CN1C(=Cc2cc[n+](C)c3ccccc23)Sc2ccccc21.Cc1ccc(S(=O)(=O)[O-])cc1. The Kier molecular flexibility index (Phi) is 6.56. The van der Waals surface area contributed by atoms with Crippen molar-refractivity contribution in [1.29, 1.82) is 0 Å². The van der Waals surface area contributed by atoms with Gasteiger partial charge in [-0.15, -0.1) is 0 Å². The van der Waals surface area contributed by atoms with Crippen LogP contribution in [0, 0.1) is 6.92 Å². The molecule has 0 aliphatic carbocycles. The van der Waals surface area contributed by atoms with Crippen LogP contribution in [0.1, 0.15) is 11.1 Å². The van der Waals surface area contributed by atoms with Crippen LogP contribution in [0.15, 0.2) is 99.9 Å². The molecule has 1 aliphatic rings. The van der Waals surface area contributed by atoms with E-state index in [4.69, 9.17) is 0 Å². The van der Waals surface area contributed by atoms with Crippen LogP contribution >= 0.6 is 11.8 Å². The standard InChI is InChI=1S/C19H17N2S.C7H8O3S/c1-20-12-11-14(15-7-3-4-8-16(15)20)13-19-21(2)17-9-5-6-10-18(17)22-19;1-6-2-4-7(5-3-6)11(8,9)10/h3-13H,1-2H3;2-5H,1H3,(H,8,9,10)/q+1;/p-1. The van der Waals surface area contributed by atoms with Crippen LogP contribution in [-0.2, 0) is 17.2 Å². The fraction of sp³-hybridized carbons (Fsp3) is 0.115. The van der Waals surface area contributed by atoms with Crippen molar-refractivity contribution in [2.24, 2.45) is 7.05 Å². The maximum atomic E-state index is 10.4. The maximum Gasteiger partial charge on any atom is 0.212 e. The van der Waals surface area contributed by atoms with Gasteiger partial charge in [-0.05, 0) is 48.9 Å². The molecule has 7 heteroatoms. The summed E-state index contributed by atoms with van der Waals surface area (Å²) >= 11 is 1.83. The molecule has 0 radical (unpaired) electrons. The molecule has 5 nitrogen and oxygen atoms in total. The molecule has 0 fully saturated rings. The highest BCUT2D eigenvalue weighted by Crippen LogP contribution is 2.45. The summed E-state index contributed by atoms with van der Waals surface area (Å²) in [5, 5.41) is 2.55. The first-order valence-electron chi connectivity index (χ1n) is 10.4. The molecular formula is C26H24N2O3S2. The molecule has 3 aromatic carbocycles. The summed E-state index contributed by atoms with van der Waals surface area (Å²) in [7, 11) is -0.0460. The minimum atomic E-state index is -4.27. The normalized spacial score (nSPS) is 14.2. The first-order valence-corrected chi connectivity index (χ1v) is 12.6. The van der Waals surface area contributed by atoms with E-state index in [9.17, 15) is 13.0 Å². The van der Waals surface area contributed by atoms with Gasteiger partial charge in [0.05, 0.1) is 21.0 Å². The second-order valence-corrected chi connectivity index (χ2v) is 10.2. The smallest absolute Gasteiger partial charge is 0.212 e. The van der Waals surface area contributed by atoms with Gasteiger partial charge in [0, 0.05) is 24.1 Å². The second-order valence-electron chi connectivity index (χ2n) is 7.78. The lowest BCUT2D eigenvalue weighted by Crippen LogP contribution is -2.28. The van der Waals surface area contributed by atoms with Crippen LogP contribution in [0.2, 0.25) is 0 Å². The summed E-state index contributed by atoms with van der Waals surface area (Å²) in [5.74, 6) is 0. The molecule has 1 aliphatic heterocycles. The first kappa shape index (κ1) is 23.0. The van der Waals surface area contributed by atoms with Gasteiger partial charge in [-0.25, -0.2) is 13.0 Å². The van der Waals surface area contributed by atoms with Gasteiger partial charge < -0.3 is 9.45 Å². The van der Waals surface area contributed by atoms with Crippen LogP contribution in [0.25, 0.3) is 17.0 Å². The Bertz CT molecular complexity index is 1450. The van der Waals surface area contributed by atoms with Crippen molar-refractivity contribution >= 4 is 44.5 Å². The Morgan fingerprint density at radius 3 is 2.30 bits per heavy atom. The predicted octanol–water partition coefficient (Wildman–Crippen LogP) is 5.10. The van der Waals surface area contributed by atoms with Crippen molar-refractivity contribution in [1.82, 2.24) is 0 Å². The van der Waals surface area contributed by atoms with E-state index in [2.05, 4.69) is 90.4 Å². The van der Waals surface area contributed by atoms with Gasteiger partial charge in [0.15, 0.2) is 6.20 Å². The molecule has 33 heavy (non-hydrogen) atoms. The van der Waals surface area contributed by atoms with Crippen LogP contribution in [0.5, 0.6) is 0 Å². The number of hydrogen-bond donors (Lipinski definition) is 0. The van der Waals surface area contributed by atoms with E-state index in [0.29, 0.717) is 0 Å². The number of aromatic nitrogens is 1. The van der Waals surface area contributed by atoms with Crippen LogP contribution in [0.3, 0.4) is 0 Å². The highest BCUT2D eigenvalue weighted by molar-refractivity contribution is 8.03. The highest BCUT2D eigenvalue weighted by atomic mass is 32.2. The number of aryl methyl sites for hydroxylation is 2. The van der Waals surface area contributed by atoms with Gasteiger partial charge in [0.25, 0.3) is 0 Å². The van der Waals surface area contributed by atoms with E-state index in [0.717, 1.165) is 5.56 Å². The maximum absolute atomic E-state index is 10.4. The van der Waals surface area contributed by atoms with Gasteiger partial charge in [0.1, 0.15) is 17.2 Å². The number of thioether (sulfide) groups is 1. The number of rotatable bonds is 2. The van der Waals surface area contributed by atoms with E-state index in [1.54, 1.807) is 12.1 Å². The van der Waals surface area contributed by atoms with Crippen molar-refractivity contribution in [3.63, 3.8) is 0 Å². The number of benzene rings is 3. The Hall–Kier alpha value is -3.13. The lowest BCUT2D eigenvalue weighted by Gasteiger charge is -2.13. The minimum Gasteiger partial charge on any atom is -0.744 e. The molecule has 5 rings (SSSR count). The Morgan fingerprint density at radius 1 is 0.939 bits per heavy atom. The third-order valence-corrected chi connectivity index (χ3v) is 7.45. The monoisotopic (exact) mass is 476 g/mol. The molecule has 168 valence electrons. The number of para-hydroxylation sites is 2. The largest absolute Gasteiger partial charge is 0.744 e. The lowest BCUT2D eigenvalue weighted by atomic mass is 10.1. The molecular weight excluding hydrogens is 452 g/mol. The predicted molar refractivity (Wildman–Crippen MR) is 133 cm³/mol. The van der Waals surface area contributed by atoms with Crippen LogP contribution in [-0.4, -0.2) is 20.0 Å². The average Bonchev–Trinajstić information content (AvgIpc) is 3.11. The lowest BCUT2D eigenvalue weighted by molar-refractivity contribution is -0.644. The molecule has 0 amide bonds. The number of fused-ring (bicyclic) bond motifs is 2. The van der Waals surface area contributed by atoms with Crippen molar-refractivity contribution in [3.05, 3.63) is 101 Å². The zero-order valence-corrected chi connectivity index (χ0v) is 20.2. The molecule has 0 spiro atoms. The van der Waals surface area contributed by atoms with Crippen LogP contribution in [0.4, 0.5) is 5.69 Å². The molecule has 0 saturated carbocycles. The molecule has 2 heterocycles. The van der Waals surface area contributed by atoms with Crippen molar-refractivity contribution in [2.75, 3.05) is 11.9 Å². The third-order valence-electron chi connectivity index (χ3n) is 5.43. The molecule has 0 saturated heterocycles. The van der Waals surface area contributed by atoms with Gasteiger partial charge in [-0.2, -0.15) is 0 Å². The van der Waals surface area contributed by atoms with Gasteiger partial charge >= 0.3 is 0 Å². The summed E-state index contributed by atoms with van der Waals surface area (Å²) in [6.07, 6.45) is 4.41. The van der Waals surface area contributed by atoms with Gasteiger partial charge in [-0.3, -0.25) is 0 Å². The molecule has 0 bridgehead atoms. The van der Waals surface area contributed by atoms with E-state index in [1.807, 2.05) is 18.7 Å². The second kappa shape index (κ2) is 9.39. The Labute approximate surface area is 198 Å². The fourth-order valence-corrected chi connectivity index (χ4v) is 5.17. The number of hydrogen-bond acceptors (Lipinski definition) is 5. The fourth-order valence-electron chi connectivity index (χ4n) is 3.60. The average molecular weight is 477 g/mol. The van der Waals surface area contributed by atoms with E-state index in [-0.39, 0.29) is 4.90 Å². The Balaban J connectivity index is 0.000000200. The molecule has 0 unspecified atom stereocenters. The van der Waals surface area contributed by atoms with Crippen molar-refractivity contribution in [2.45, 2.75) is 16.7 Å². The molecule has 4 aromatic rings. The van der Waals surface area contributed by atoms with Crippen molar-refractivity contribution in [3.8, 4) is 0 Å². The van der Waals surface area contributed by atoms with Gasteiger partial charge in [-0.1, -0.05) is 53.7 Å². The van der Waals surface area contributed by atoms with Crippen molar-refractivity contribution < 1.29 is 17.5 Å². The Morgan fingerprint density at radius 2 is 1.61 bits per heavy atom. The molecule has 1 aromatic heterocycles. The number of pyridine rings is 1. The highest BCUT2D eigenvalue weighted by Gasteiger charge is 2.21. The minimum absolute atomic E-state index is 0.178. The topological polar surface area (TPSA) is 64.3 Å².